The summed E-state index contributed by atoms with van der Waals surface area (Å²) in [6.45, 7) is 4.14. The van der Waals surface area contributed by atoms with E-state index in [0.29, 0.717) is 22.6 Å². The molecule has 0 amide bonds. The van der Waals surface area contributed by atoms with E-state index < -0.39 is 11.9 Å². The lowest BCUT2D eigenvalue weighted by molar-refractivity contribution is 0.0730. The van der Waals surface area contributed by atoms with Crippen LogP contribution in [0.2, 0.25) is 0 Å². The molecule has 0 aliphatic carbocycles. The Kier molecular flexibility index (Phi) is 7.19. The minimum Gasteiger partial charge on any atom is -0.422 e. The van der Waals surface area contributed by atoms with Gasteiger partial charge >= 0.3 is 11.9 Å². The first-order valence-electron chi connectivity index (χ1n) is 15.9. The second kappa shape index (κ2) is 11.8. The number of benzene rings is 8. The van der Waals surface area contributed by atoms with Crippen LogP contribution in [0.5, 0.6) is 11.5 Å². The fraction of sp³-hybridized carbons (Fsp3) is 0.0455. The molecule has 0 saturated heterocycles. The zero-order chi connectivity index (χ0) is 32.8. The number of esters is 2. The first-order valence-corrected chi connectivity index (χ1v) is 15.9. The standard InChI is InChI=1S/C44H30O4/c1-27-21-23-35-37(25-27)39(31-17-9-11-19-33(31)41(35)47-43(45)29-13-5-3-6-14-29)40-32-18-10-12-20-34(32)42(36-24-22-28(2)26-38(36)40)48-44(46)30-15-7-4-8-16-30/h3-26H,1-2H3. The number of aryl methyl sites for hydroxylation is 2. The van der Waals surface area contributed by atoms with Crippen molar-refractivity contribution in [1.82, 2.24) is 0 Å². The van der Waals surface area contributed by atoms with Gasteiger partial charge in [-0.2, -0.15) is 0 Å². The molecule has 0 spiro atoms. The highest BCUT2D eigenvalue weighted by Gasteiger charge is 2.24. The molecule has 4 nitrogen and oxygen atoms in total. The van der Waals surface area contributed by atoms with Crippen molar-refractivity contribution in [3.8, 4) is 22.6 Å². The van der Waals surface area contributed by atoms with E-state index in [0.717, 1.165) is 65.3 Å². The summed E-state index contributed by atoms with van der Waals surface area (Å²) >= 11 is 0. The number of ether oxygens (including phenoxy) is 2. The smallest absolute Gasteiger partial charge is 0.343 e. The molecule has 0 radical (unpaired) electrons. The molecule has 230 valence electrons. The molecule has 0 aliphatic rings. The van der Waals surface area contributed by atoms with Gasteiger partial charge < -0.3 is 9.47 Å². The van der Waals surface area contributed by atoms with E-state index in [2.05, 4.69) is 38.1 Å². The number of hydrogen-bond donors (Lipinski definition) is 0. The third kappa shape index (κ3) is 4.95. The Balaban J connectivity index is 1.46. The van der Waals surface area contributed by atoms with Crippen LogP contribution in [0.25, 0.3) is 54.2 Å². The first kappa shape index (κ1) is 29.2. The number of carbonyl (C=O) groups is 2. The van der Waals surface area contributed by atoms with Gasteiger partial charge in [-0.15, -0.1) is 0 Å². The van der Waals surface area contributed by atoms with Gasteiger partial charge in [0.05, 0.1) is 11.1 Å². The number of fused-ring (bicyclic) bond motifs is 4. The van der Waals surface area contributed by atoms with Crippen LogP contribution < -0.4 is 9.47 Å². The number of rotatable bonds is 5. The Morgan fingerprint density at radius 3 is 1.10 bits per heavy atom. The zero-order valence-corrected chi connectivity index (χ0v) is 26.5. The van der Waals surface area contributed by atoms with Gasteiger partial charge in [-0.25, -0.2) is 9.59 Å². The predicted octanol–water partition coefficient (Wildman–Crippen LogP) is 11.0. The van der Waals surface area contributed by atoms with Gasteiger partial charge in [-0.3, -0.25) is 0 Å². The zero-order valence-electron chi connectivity index (χ0n) is 26.5. The molecule has 0 fully saturated rings. The van der Waals surface area contributed by atoms with Crippen LogP contribution in [-0.2, 0) is 0 Å². The molecule has 0 aliphatic heterocycles. The lowest BCUT2D eigenvalue weighted by Gasteiger charge is -2.22. The maximum absolute atomic E-state index is 13.5. The van der Waals surface area contributed by atoms with Crippen molar-refractivity contribution in [1.29, 1.82) is 0 Å². The molecular formula is C44H30O4. The maximum atomic E-state index is 13.5. The van der Waals surface area contributed by atoms with Gasteiger partial charge in [0.25, 0.3) is 0 Å². The van der Waals surface area contributed by atoms with Crippen LogP contribution in [0.15, 0.2) is 146 Å². The topological polar surface area (TPSA) is 52.6 Å². The maximum Gasteiger partial charge on any atom is 0.343 e. The lowest BCUT2D eigenvalue weighted by Crippen LogP contribution is -2.09. The van der Waals surface area contributed by atoms with Crippen molar-refractivity contribution in [3.63, 3.8) is 0 Å². The van der Waals surface area contributed by atoms with Crippen molar-refractivity contribution in [3.05, 3.63) is 168 Å². The molecule has 8 rings (SSSR count). The van der Waals surface area contributed by atoms with Crippen molar-refractivity contribution < 1.29 is 19.1 Å². The Morgan fingerprint density at radius 2 is 0.708 bits per heavy atom. The fourth-order valence-electron chi connectivity index (χ4n) is 6.71. The summed E-state index contributed by atoms with van der Waals surface area (Å²) in [6.07, 6.45) is 0. The molecule has 0 bridgehead atoms. The summed E-state index contributed by atoms with van der Waals surface area (Å²) in [6, 6.07) is 46.8. The van der Waals surface area contributed by atoms with Crippen LogP contribution in [-0.4, -0.2) is 11.9 Å². The second-order valence-corrected chi connectivity index (χ2v) is 12.1. The quantitative estimate of drug-likeness (QED) is 0.109. The Bertz CT molecular complexity index is 2370. The minimum atomic E-state index is -0.411. The van der Waals surface area contributed by atoms with E-state index in [9.17, 15) is 9.59 Å². The fourth-order valence-corrected chi connectivity index (χ4v) is 6.71. The average molecular weight is 623 g/mol. The Morgan fingerprint density at radius 1 is 0.375 bits per heavy atom. The summed E-state index contributed by atoms with van der Waals surface area (Å²) in [5, 5.41) is 7.17. The summed E-state index contributed by atoms with van der Waals surface area (Å²) < 4.78 is 12.5. The predicted molar refractivity (Wildman–Crippen MR) is 194 cm³/mol. The Hall–Kier alpha value is -6.26. The molecule has 0 saturated carbocycles. The van der Waals surface area contributed by atoms with Crippen LogP contribution in [0, 0.1) is 13.8 Å². The van der Waals surface area contributed by atoms with Gasteiger partial charge in [-0.05, 0) is 70.8 Å². The van der Waals surface area contributed by atoms with Crippen molar-refractivity contribution >= 4 is 55.0 Å². The molecular weight excluding hydrogens is 592 g/mol. The molecule has 0 aromatic heterocycles. The lowest BCUT2D eigenvalue weighted by atomic mass is 9.84. The second-order valence-electron chi connectivity index (χ2n) is 12.1. The highest BCUT2D eigenvalue weighted by atomic mass is 16.5. The average Bonchev–Trinajstić information content (AvgIpc) is 3.12. The minimum absolute atomic E-state index is 0.411. The molecule has 0 N–H and O–H groups in total. The molecule has 0 atom stereocenters. The van der Waals surface area contributed by atoms with Crippen molar-refractivity contribution in [2.75, 3.05) is 0 Å². The molecule has 4 heteroatoms. The van der Waals surface area contributed by atoms with Crippen LogP contribution in [0.4, 0.5) is 0 Å². The van der Waals surface area contributed by atoms with Gasteiger partial charge in [-0.1, -0.05) is 132 Å². The summed E-state index contributed by atoms with van der Waals surface area (Å²) in [7, 11) is 0. The third-order valence-corrected chi connectivity index (χ3v) is 8.92. The highest BCUT2D eigenvalue weighted by molar-refractivity contribution is 6.27. The van der Waals surface area contributed by atoms with Crippen LogP contribution in [0.3, 0.4) is 0 Å². The van der Waals surface area contributed by atoms with Gasteiger partial charge in [0, 0.05) is 21.5 Å². The number of carbonyl (C=O) groups excluding carboxylic acids is 2. The number of hydrogen-bond acceptors (Lipinski definition) is 4. The summed E-state index contributed by atoms with van der Waals surface area (Å²) in [5.41, 5.74) is 5.18. The third-order valence-electron chi connectivity index (χ3n) is 8.92. The molecule has 0 heterocycles. The van der Waals surface area contributed by atoms with Crippen LogP contribution in [0.1, 0.15) is 31.8 Å². The molecule has 8 aromatic carbocycles. The SMILES string of the molecule is Cc1ccc2c(OC(=O)c3ccccc3)c3ccccc3c(-c3c4ccccc4c(OC(=O)c4ccccc4)c4ccc(C)cc34)c2c1. The normalized spacial score (nSPS) is 11.3. The van der Waals surface area contributed by atoms with Gasteiger partial charge in [0.2, 0.25) is 0 Å². The molecule has 0 unspecified atom stereocenters. The van der Waals surface area contributed by atoms with Crippen LogP contribution >= 0.6 is 0 Å². The van der Waals surface area contributed by atoms with E-state index in [1.807, 2.05) is 97.1 Å². The molecule has 8 aromatic rings. The van der Waals surface area contributed by atoms with E-state index in [4.69, 9.17) is 9.47 Å². The monoisotopic (exact) mass is 622 g/mol. The van der Waals surface area contributed by atoms with Gasteiger partial charge in [0.1, 0.15) is 11.5 Å². The largest absolute Gasteiger partial charge is 0.422 e. The van der Waals surface area contributed by atoms with E-state index >= 15 is 0 Å². The van der Waals surface area contributed by atoms with Crippen molar-refractivity contribution in [2.24, 2.45) is 0 Å². The summed E-state index contributed by atoms with van der Waals surface area (Å²) in [4.78, 5) is 26.9. The van der Waals surface area contributed by atoms with E-state index in [1.165, 1.54) is 0 Å². The highest BCUT2D eigenvalue weighted by Crippen LogP contribution is 2.50. The van der Waals surface area contributed by atoms with Crippen molar-refractivity contribution in [2.45, 2.75) is 13.8 Å². The van der Waals surface area contributed by atoms with Gasteiger partial charge in [0.15, 0.2) is 0 Å². The summed E-state index contributed by atoms with van der Waals surface area (Å²) in [5.74, 6) is 0.228. The van der Waals surface area contributed by atoms with E-state index in [1.54, 1.807) is 24.3 Å². The Labute approximate surface area is 277 Å². The molecule has 48 heavy (non-hydrogen) atoms. The van der Waals surface area contributed by atoms with E-state index in [-0.39, 0.29) is 0 Å². The first-order chi connectivity index (χ1) is 23.5.